The number of amides is 1. The zero-order valence-corrected chi connectivity index (χ0v) is 17.8. The van der Waals surface area contributed by atoms with E-state index in [1.807, 2.05) is 66.4 Å². The molecule has 5 heteroatoms. The molecule has 1 aliphatic rings. The molecular formula is C27H23NO4. The lowest BCUT2D eigenvalue weighted by Crippen LogP contribution is -2.38. The largest absolute Gasteiger partial charge is 0.483 e. The monoisotopic (exact) mass is 425 g/mol. The number of carbonyl (C=O) groups excluding carboxylic acids is 1. The first-order chi connectivity index (χ1) is 15.6. The molecule has 0 fully saturated rings. The fourth-order valence-corrected chi connectivity index (χ4v) is 4.30. The first-order valence-corrected chi connectivity index (χ1v) is 10.7. The van der Waals surface area contributed by atoms with Crippen LogP contribution in [-0.4, -0.2) is 24.0 Å². The fraction of sp³-hybridized carbons (Fsp3) is 0.185. The highest BCUT2D eigenvalue weighted by Crippen LogP contribution is 2.33. The molecule has 4 aromatic rings. The van der Waals surface area contributed by atoms with Gasteiger partial charge in [0.1, 0.15) is 11.3 Å². The van der Waals surface area contributed by atoms with E-state index in [-0.39, 0.29) is 12.5 Å². The molecule has 160 valence electrons. The van der Waals surface area contributed by atoms with Crippen molar-refractivity contribution in [2.75, 3.05) is 13.2 Å². The highest BCUT2D eigenvalue weighted by atomic mass is 16.5. The Labute approximate surface area is 185 Å². The van der Waals surface area contributed by atoms with Gasteiger partial charge in [0.05, 0.1) is 0 Å². The Morgan fingerprint density at radius 1 is 1.00 bits per heavy atom. The van der Waals surface area contributed by atoms with Crippen LogP contribution in [-0.2, 0) is 17.8 Å². The number of benzene rings is 3. The predicted octanol–water partition coefficient (Wildman–Crippen LogP) is 4.73. The van der Waals surface area contributed by atoms with Gasteiger partial charge in [-0.25, -0.2) is 4.79 Å². The topological polar surface area (TPSA) is 59.8 Å². The van der Waals surface area contributed by atoms with Crippen LogP contribution in [0, 0.1) is 6.92 Å². The van der Waals surface area contributed by atoms with E-state index < -0.39 is 5.63 Å². The van der Waals surface area contributed by atoms with Crippen LogP contribution in [0.2, 0.25) is 0 Å². The van der Waals surface area contributed by atoms with Gasteiger partial charge in [0, 0.05) is 30.1 Å². The molecule has 5 nitrogen and oxygen atoms in total. The van der Waals surface area contributed by atoms with Gasteiger partial charge < -0.3 is 14.1 Å². The van der Waals surface area contributed by atoms with Crippen molar-refractivity contribution in [2.24, 2.45) is 0 Å². The van der Waals surface area contributed by atoms with Crippen LogP contribution in [0.1, 0.15) is 16.7 Å². The maximum absolute atomic E-state index is 12.8. The minimum atomic E-state index is -0.417. The number of nitrogens with zero attached hydrogens (tertiary/aromatic N) is 1. The van der Waals surface area contributed by atoms with Gasteiger partial charge >= 0.3 is 5.63 Å². The van der Waals surface area contributed by atoms with Crippen molar-refractivity contribution in [3.8, 4) is 16.9 Å². The van der Waals surface area contributed by atoms with Gasteiger partial charge in [-0.15, -0.1) is 0 Å². The standard InChI is InChI=1S/C27H23NO4/c1-18-24(31-17-25(29)28-14-13-19-7-5-6-10-21(19)16-28)12-11-22-23(15-26(30)32-27(18)22)20-8-3-2-4-9-20/h2-12,15H,13-14,16-17H2,1H3. The molecule has 0 spiro atoms. The van der Waals surface area contributed by atoms with Gasteiger partial charge in [0.2, 0.25) is 0 Å². The number of hydrogen-bond donors (Lipinski definition) is 0. The normalized spacial score (nSPS) is 13.1. The first-order valence-electron chi connectivity index (χ1n) is 10.7. The van der Waals surface area contributed by atoms with Crippen LogP contribution in [0.15, 0.2) is 82.0 Å². The quantitative estimate of drug-likeness (QED) is 0.444. The molecule has 1 aromatic heterocycles. The van der Waals surface area contributed by atoms with Gasteiger partial charge in [-0.2, -0.15) is 0 Å². The third-order valence-corrected chi connectivity index (χ3v) is 6.03. The molecule has 0 unspecified atom stereocenters. The average molecular weight is 425 g/mol. The number of rotatable bonds is 4. The lowest BCUT2D eigenvalue weighted by Gasteiger charge is -2.28. The molecule has 32 heavy (non-hydrogen) atoms. The highest BCUT2D eigenvalue weighted by molar-refractivity contribution is 5.95. The number of ether oxygens (including phenoxy) is 1. The molecule has 0 saturated heterocycles. The maximum atomic E-state index is 12.8. The molecule has 0 atom stereocenters. The molecule has 5 rings (SSSR count). The second-order valence-corrected chi connectivity index (χ2v) is 8.03. The number of aryl methyl sites for hydroxylation is 1. The third-order valence-electron chi connectivity index (χ3n) is 6.03. The zero-order chi connectivity index (χ0) is 22.1. The molecular weight excluding hydrogens is 402 g/mol. The van der Waals surface area contributed by atoms with Crippen molar-refractivity contribution in [2.45, 2.75) is 19.9 Å². The third kappa shape index (κ3) is 3.78. The van der Waals surface area contributed by atoms with Crippen LogP contribution in [0.3, 0.4) is 0 Å². The highest BCUT2D eigenvalue weighted by Gasteiger charge is 2.21. The SMILES string of the molecule is Cc1c(OCC(=O)N2CCc3ccccc3C2)ccc2c(-c3ccccc3)cc(=O)oc12. The summed E-state index contributed by atoms with van der Waals surface area (Å²) in [5.41, 5.74) is 5.01. The molecule has 0 aliphatic carbocycles. The lowest BCUT2D eigenvalue weighted by atomic mass is 10.00. The Kier molecular flexibility index (Phi) is 5.23. The van der Waals surface area contributed by atoms with Gasteiger partial charge in [-0.1, -0.05) is 54.6 Å². The number of fused-ring (bicyclic) bond motifs is 2. The van der Waals surface area contributed by atoms with Gasteiger partial charge in [0.15, 0.2) is 6.61 Å². The number of carbonyl (C=O) groups is 1. The molecule has 0 bridgehead atoms. The van der Waals surface area contributed by atoms with Crippen molar-refractivity contribution in [1.29, 1.82) is 0 Å². The summed E-state index contributed by atoms with van der Waals surface area (Å²) < 4.78 is 11.4. The Hall–Kier alpha value is -3.86. The smallest absolute Gasteiger partial charge is 0.336 e. The fourth-order valence-electron chi connectivity index (χ4n) is 4.30. The summed E-state index contributed by atoms with van der Waals surface area (Å²) in [5, 5.41) is 0.833. The second-order valence-electron chi connectivity index (χ2n) is 8.03. The van der Waals surface area contributed by atoms with Crippen molar-refractivity contribution in [3.05, 3.63) is 99.9 Å². The molecule has 2 heterocycles. The molecule has 0 saturated carbocycles. The first kappa shape index (κ1) is 20.1. The predicted molar refractivity (Wildman–Crippen MR) is 124 cm³/mol. The summed E-state index contributed by atoms with van der Waals surface area (Å²) in [6, 6.07) is 23.2. The van der Waals surface area contributed by atoms with Crippen LogP contribution >= 0.6 is 0 Å². The van der Waals surface area contributed by atoms with Gasteiger partial charge in [0.25, 0.3) is 5.91 Å². The Morgan fingerprint density at radius 3 is 2.56 bits per heavy atom. The van der Waals surface area contributed by atoms with E-state index in [1.165, 1.54) is 17.2 Å². The summed E-state index contributed by atoms with van der Waals surface area (Å²) in [6.07, 6.45) is 0.852. The molecule has 3 aromatic carbocycles. The van der Waals surface area contributed by atoms with E-state index in [9.17, 15) is 9.59 Å². The van der Waals surface area contributed by atoms with E-state index in [0.29, 0.717) is 30.0 Å². The lowest BCUT2D eigenvalue weighted by molar-refractivity contribution is -0.134. The zero-order valence-electron chi connectivity index (χ0n) is 17.8. The summed E-state index contributed by atoms with van der Waals surface area (Å²) in [6.45, 7) is 3.07. The van der Waals surface area contributed by atoms with Crippen LogP contribution in [0.25, 0.3) is 22.1 Å². The summed E-state index contributed by atoms with van der Waals surface area (Å²) in [5.74, 6) is 0.482. The maximum Gasteiger partial charge on any atom is 0.336 e. The van der Waals surface area contributed by atoms with Crippen molar-refractivity contribution in [1.82, 2.24) is 4.90 Å². The van der Waals surface area contributed by atoms with Crippen LogP contribution < -0.4 is 10.4 Å². The summed E-state index contributed by atoms with van der Waals surface area (Å²) >= 11 is 0. The minimum absolute atomic E-state index is 0.0570. The van der Waals surface area contributed by atoms with Crippen LogP contribution in [0.4, 0.5) is 0 Å². The summed E-state index contributed by atoms with van der Waals surface area (Å²) in [7, 11) is 0. The van der Waals surface area contributed by atoms with E-state index in [1.54, 1.807) is 0 Å². The molecule has 1 aliphatic heterocycles. The minimum Gasteiger partial charge on any atom is -0.483 e. The van der Waals surface area contributed by atoms with Crippen molar-refractivity contribution in [3.63, 3.8) is 0 Å². The summed E-state index contributed by atoms with van der Waals surface area (Å²) in [4.78, 5) is 26.8. The second kappa shape index (κ2) is 8.35. The Bertz CT molecular complexity index is 1360. The molecule has 0 radical (unpaired) electrons. The van der Waals surface area contributed by atoms with E-state index in [2.05, 4.69) is 12.1 Å². The molecule has 0 N–H and O–H groups in total. The van der Waals surface area contributed by atoms with Crippen molar-refractivity contribution >= 4 is 16.9 Å². The van der Waals surface area contributed by atoms with Crippen molar-refractivity contribution < 1.29 is 13.9 Å². The van der Waals surface area contributed by atoms with E-state index in [0.717, 1.165) is 22.9 Å². The van der Waals surface area contributed by atoms with Gasteiger partial charge in [-0.3, -0.25) is 4.79 Å². The van der Waals surface area contributed by atoms with E-state index in [4.69, 9.17) is 9.15 Å². The average Bonchev–Trinajstić information content (AvgIpc) is 2.83. The Balaban J connectivity index is 1.38. The molecule has 1 amide bonds. The van der Waals surface area contributed by atoms with E-state index >= 15 is 0 Å². The Morgan fingerprint density at radius 2 is 1.75 bits per heavy atom. The van der Waals surface area contributed by atoms with Gasteiger partial charge in [-0.05, 0) is 47.7 Å². The number of hydrogen-bond acceptors (Lipinski definition) is 4. The van der Waals surface area contributed by atoms with Crippen LogP contribution in [0.5, 0.6) is 5.75 Å².